The van der Waals surface area contributed by atoms with Crippen LogP contribution in [0, 0.1) is 10.1 Å². The molecule has 3 amide bonds. The Kier molecular flexibility index (Phi) is 4.23. The fraction of sp³-hybridized carbons (Fsp3) is 0.0714. The molecule has 0 fully saturated rings. The quantitative estimate of drug-likeness (QED) is 0.460. The second-order valence-electron chi connectivity index (χ2n) is 4.96. The van der Waals surface area contributed by atoms with Crippen molar-refractivity contribution in [3.05, 3.63) is 56.3 Å². The minimum absolute atomic E-state index is 0.0143. The fourth-order valence-electron chi connectivity index (χ4n) is 2.22. The minimum atomic E-state index is -0.768. The highest BCUT2D eigenvalue weighted by Crippen LogP contribution is 2.26. The van der Waals surface area contributed by atoms with Crippen molar-refractivity contribution in [2.75, 3.05) is 11.9 Å². The van der Waals surface area contributed by atoms with Crippen molar-refractivity contribution in [3.8, 4) is 0 Å². The zero-order valence-corrected chi connectivity index (χ0v) is 13.9. The maximum absolute atomic E-state index is 12.3. The molecule has 3 rings (SSSR count). The number of fused-ring (bicyclic) bond motifs is 1. The maximum Gasteiger partial charge on any atom is 0.270 e. The number of imide groups is 1. The molecule has 10 nitrogen and oxygen atoms in total. The van der Waals surface area contributed by atoms with Crippen LogP contribution >= 0.6 is 15.9 Å². The van der Waals surface area contributed by atoms with E-state index in [0.717, 1.165) is 12.1 Å². The van der Waals surface area contributed by atoms with Gasteiger partial charge in [0.1, 0.15) is 6.54 Å². The summed E-state index contributed by atoms with van der Waals surface area (Å²) < 4.78 is 0.618. The van der Waals surface area contributed by atoms with Crippen molar-refractivity contribution < 1.29 is 19.3 Å². The normalized spacial score (nSPS) is 12.9. The summed E-state index contributed by atoms with van der Waals surface area (Å²) in [5, 5.41) is 13.1. The van der Waals surface area contributed by atoms with Crippen molar-refractivity contribution in [2.24, 2.45) is 0 Å². The summed E-state index contributed by atoms with van der Waals surface area (Å²) in [6.07, 6.45) is 2.84. The van der Waals surface area contributed by atoms with E-state index in [2.05, 4.69) is 31.2 Å². The van der Waals surface area contributed by atoms with E-state index in [1.54, 1.807) is 0 Å². The van der Waals surface area contributed by atoms with Crippen LogP contribution in [0.15, 0.2) is 35.1 Å². The zero-order valence-electron chi connectivity index (χ0n) is 12.3. The molecule has 2 aromatic rings. The third-order valence-corrected chi connectivity index (χ3v) is 3.75. The predicted molar refractivity (Wildman–Crippen MR) is 86.8 cm³/mol. The molecule has 11 heteroatoms. The van der Waals surface area contributed by atoms with Crippen molar-refractivity contribution in [1.29, 1.82) is 0 Å². The highest BCUT2D eigenvalue weighted by molar-refractivity contribution is 9.10. The molecule has 25 heavy (non-hydrogen) atoms. The molecule has 1 aliphatic rings. The van der Waals surface area contributed by atoms with Gasteiger partial charge in [0.15, 0.2) is 0 Å². The van der Waals surface area contributed by atoms with Gasteiger partial charge < -0.3 is 0 Å². The van der Waals surface area contributed by atoms with E-state index in [-0.39, 0.29) is 22.8 Å². The average molecular weight is 406 g/mol. The van der Waals surface area contributed by atoms with E-state index >= 15 is 0 Å². The van der Waals surface area contributed by atoms with Crippen molar-refractivity contribution >= 4 is 45.3 Å². The number of nitro benzene ring substituents is 1. The lowest BCUT2D eigenvalue weighted by Crippen LogP contribution is -2.37. The van der Waals surface area contributed by atoms with Crippen molar-refractivity contribution in [1.82, 2.24) is 14.9 Å². The van der Waals surface area contributed by atoms with Crippen LogP contribution < -0.4 is 5.32 Å². The number of nitrogens with one attached hydrogen (secondary N) is 1. The molecule has 0 saturated heterocycles. The van der Waals surface area contributed by atoms with Crippen LogP contribution in [0.5, 0.6) is 0 Å². The number of rotatable bonds is 4. The average Bonchev–Trinajstić information content (AvgIpc) is 2.81. The van der Waals surface area contributed by atoms with Gasteiger partial charge in [-0.05, 0) is 22.0 Å². The standard InChI is InChI=1S/C14H8BrN5O5/c15-7-4-16-14(17-5-7)18-11(21)6-19-12(22)9-2-1-8(20(24)25)3-10(9)13(19)23/h1-5H,6H2,(H,16,17,18,21). The van der Waals surface area contributed by atoms with Gasteiger partial charge in [-0.1, -0.05) is 0 Å². The molecule has 126 valence electrons. The Balaban J connectivity index is 1.76. The van der Waals surface area contributed by atoms with Crippen molar-refractivity contribution in [2.45, 2.75) is 0 Å². The molecule has 0 saturated carbocycles. The van der Waals surface area contributed by atoms with Gasteiger partial charge in [-0.2, -0.15) is 0 Å². The summed E-state index contributed by atoms with van der Waals surface area (Å²) in [5.41, 5.74) is -0.398. The molecule has 0 aliphatic carbocycles. The molecule has 0 unspecified atom stereocenters. The van der Waals surface area contributed by atoms with Gasteiger partial charge >= 0.3 is 0 Å². The molecule has 1 aromatic heterocycles. The van der Waals surface area contributed by atoms with E-state index in [4.69, 9.17) is 0 Å². The smallest absolute Gasteiger partial charge is 0.270 e. The minimum Gasteiger partial charge on any atom is -0.293 e. The molecule has 0 bridgehead atoms. The van der Waals surface area contributed by atoms with Crippen LogP contribution in [0.25, 0.3) is 0 Å². The van der Waals surface area contributed by atoms with Gasteiger partial charge in [-0.3, -0.25) is 34.7 Å². The number of hydrogen-bond acceptors (Lipinski definition) is 7. The second-order valence-corrected chi connectivity index (χ2v) is 5.87. The largest absolute Gasteiger partial charge is 0.293 e. The molecule has 1 aromatic carbocycles. The molecule has 0 radical (unpaired) electrons. The molecular weight excluding hydrogens is 398 g/mol. The third-order valence-electron chi connectivity index (χ3n) is 3.34. The number of carbonyl (C=O) groups excluding carboxylic acids is 3. The Labute approximate surface area is 148 Å². The summed E-state index contributed by atoms with van der Waals surface area (Å²) in [5.74, 6) is -2.12. The maximum atomic E-state index is 12.3. The van der Waals surface area contributed by atoms with Crippen LogP contribution in [-0.2, 0) is 4.79 Å². The molecule has 0 atom stereocenters. The number of halogens is 1. The predicted octanol–water partition coefficient (Wildman–Crippen LogP) is 1.38. The Morgan fingerprint density at radius 3 is 2.48 bits per heavy atom. The highest BCUT2D eigenvalue weighted by atomic mass is 79.9. The van der Waals surface area contributed by atoms with E-state index in [0.29, 0.717) is 9.37 Å². The number of nitrogens with zero attached hydrogens (tertiary/aromatic N) is 4. The number of amides is 3. The first kappa shape index (κ1) is 16.6. The summed E-state index contributed by atoms with van der Waals surface area (Å²) in [6, 6.07) is 3.35. The topological polar surface area (TPSA) is 135 Å². The number of aromatic nitrogens is 2. The number of benzene rings is 1. The molecular formula is C14H8BrN5O5. The first-order chi connectivity index (χ1) is 11.9. The first-order valence-corrected chi connectivity index (χ1v) is 7.58. The van der Waals surface area contributed by atoms with Crippen LogP contribution in [-0.4, -0.2) is 44.1 Å². The monoisotopic (exact) mass is 405 g/mol. The summed E-state index contributed by atoms with van der Waals surface area (Å²) in [4.78, 5) is 55.1. The van der Waals surface area contributed by atoms with Crippen LogP contribution in [0.4, 0.5) is 11.6 Å². The van der Waals surface area contributed by atoms with Gasteiger partial charge in [0.2, 0.25) is 11.9 Å². The summed E-state index contributed by atoms with van der Waals surface area (Å²) in [6.45, 7) is -0.556. The molecule has 1 aliphatic heterocycles. The number of carbonyl (C=O) groups is 3. The van der Waals surface area contributed by atoms with E-state index in [1.807, 2.05) is 0 Å². The lowest BCUT2D eigenvalue weighted by atomic mass is 10.1. The summed E-state index contributed by atoms with van der Waals surface area (Å²) >= 11 is 3.15. The number of anilines is 1. The Hall–Kier alpha value is -3.21. The fourth-order valence-corrected chi connectivity index (χ4v) is 2.43. The van der Waals surface area contributed by atoms with Gasteiger partial charge in [0, 0.05) is 24.5 Å². The van der Waals surface area contributed by atoms with E-state index in [9.17, 15) is 24.5 Å². The Bertz CT molecular complexity index is 914. The van der Waals surface area contributed by atoms with Crippen LogP contribution in [0.1, 0.15) is 20.7 Å². The Morgan fingerprint density at radius 1 is 1.20 bits per heavy atom. The van der Waals surface area contributed by atoms with Gasteiger partial charge in [-0.25, -0.2) is 9.97 Å². The first-order valence-electron chi connectivity index (χ1n) is 6.79. The van der Waals surface area contributed by atoms with Crippen LogP contribution in [0.3, 0.4) is 0 Å². The summed E-state index contributed by atoms with van der Waals surface area (Å²) in [7, 11) is 0. The van der Waals surface area contributed by atoms with Gasteiger partial charge in [0.05, 0.1) is 20.5 Å². The second kappa shape index (κ2) is 6.36. The molecule has 2 heterocycles. The molecule has 1 N–H and O–H groups in total. The van der Waals surface area contributed by atoms with E-state index in [1.165, 1.54) is 18.5 Å². The SMILES string of the molecule is O=C(CN1C(=O)c2ccc([N+](=O)[O-])cc2C1=O)Nc1ncc(Br)cn1. The lowest BCUT2D eigenvalue weighted by molar-refractivity contribution is -0.384. The number of nitro groups is 1. The van der Waals surface area contributed by atoms with E-state index < -0.39 is 29.2 Å². The number of hydrogen-bond donors (Lipinski definition) is 1. The third kappa shape index (κ3) is 3.21. The zero-order chi connectivity index (χ0) is 18.1. The Morgan fingerprint density at radius 2 is 1.84 bits per heavy atom. The lowest BCUT2D eigenvalue weighted by Gasteiger charge is -2.12. The van der Waals surface area contributed by atoms with Gasteiger partial charge in [-0.15, -0.1) is 0 Å². The molecule has 0 spiro atoms. The number of non-ortho nitro benzene ring substituents is 1. The van der Waals surface area contributed by atoms with Gasteiger partial charge in [0.25, 0.3) is 17.5 Å². The van der Waals surface area contributed by atoms with Crippen LogP contribution in [0.2, 0.25) is 0 Å². The van der Waals surface area contributed by atoms with Crippen molar-refractivity contribution in [3.63, 3.8) is 0 Å². The highest BCUT2D eigenvalue weighted by Gasteiger charge is 2.37.